The second kappa shape index (κ2) is 10.7. The van der Waals surface area contributed by atoms with Crippen LogP contribution in [0.5, 0.6) is 11.5 Å². The molecule has 0 bridgehead atoms. The van der Waals surface area contributed by atoms with Crippen molar-refractivity contribution in [3.8, 4) is 11.5 Å². The highest BCUT2D eigenvalue weighted by molar-refractivity contribution is 6.01. The summed E-state index contributed by atoms with van der Waals surface area (Å²) in [5.41, 5.74) is 0.352. The number of ether oxygens (including phenoxy) is 4. The van der Waals surface area contributed by atoms with Crippen LogP contribution in [0.2, 0.25) is 0 Å². The number of aliphatic hydroxyl groups excluding tert-OH is 1. The number of aryl methyl sites for hydroxylation is 2. The highest BCUT2D eigenvalue weighted by atomic mass is 16.7. The van der Waals surface area contributed by atoms with Crippen molar-refractivity contribution in [3.63, 3.8) is 0 Å². The summed E-state index contributed by atoms with van der Waals surface area (Å²) < 4.78 is 28.5. The maximum atomic E-state index is 12.8. The lowest BCUT2D eigenvalue weighted by atomic mass is 9.89. The molecule has 1 aliphatic rings. The molecule has 210 valence electrons. The largest absolute Gasteiger partial charge is 0.506 e. The van der Waals surface area contributed by atoms with Gasteiger partial charge in [0.2, 0.25) is 6.29 Å². The zero-order valence-electron chi connectivity index (χ0n) is 22.2. The highest BCUT2D eigenvalue weighted by Gasteiger charge is 2.53. The molecule has 0 saturated carbocycles. The lowest BCUT2D eigenvalue weighted by Crippen LogP contribution is -2.65. The van der Waals surface area contributed by atoms with Crippen molar-refractivity contribution in [1.82, 2.24) is 10.5 Å². The van der Waals surface area contributed by atoms with Gasteiger partial charge in [-0.3, -0.25) is 9.63 Å². The second-order valence-electron chi connectivity index (χ2n) is 9.59. The zero-order chi connectivity index (χ0) is 28.6. The highest BCUT2D eigenvalue weighted by Crippen LogP contribution is 2.37. The molecule has 4 N–H and O–H groups in total. The van der Waals surface area contributed by atoms with E-state index in [-0.39, 0.29) is 28.0 Å². The monoisotopic (exact) mass is 546 g/mol. The van der Waals surface area contributed by atoms with Crippen LogP contribution in [0.1, 0.15) is 46.0 Å². The molecular formula is C26H30N2O11. The van der Waals surface area contributed by atoms with E-state index < -0.39 is 59.0 Å². The van der Waals surface area contributed by atoms with Crippen LogP contribution in [0.4, 0.5) is 0 Å². The molecule has 1 aromatic carbocycles. The molecular weight excluding hydrogens is 516 g/mol. The maximum Gasteiger partial charge on any atom is 0.355 e. The van der Waals surface area contributed by atoms with Gasteiger partial charge in [0.25, 0.3) is 5.91 Å². The molecule has 1 aliphatic heterocycles. The average Bonchev–Trinajstić information content (AvgIpc) is 3.30. The van der Waals surface area contributed by atoms with Gasteiger partial charge < -0.3 is 38.6 Å². The van der Waals surface area contributed by atoms with Gasteiger partial charge in [-0.1, -0.05) is 0 Å². The standard InChI is InChI=1S/C26H30N2O11/c1-11-7-9-14(27-11)23(32)38-20-18(30)25(39-26(3,4)21(20)34-5)36-15-10-8-13-17(29)16(22(31)28-35-6)24(33)37-19(13)12(15)2/h7-10,18,20-21,25,27,29-30H,1-6H3,(H,28,31)/t18-,20+,21-,25-/m1/s1. The molecule has 13 nitrogen and oxygen atoms in total. The number of carbonyl (C=O) groups excluding carboxylic acids is 2. The summed E-state index contributed by atoms with van der Waals surface area (Å²) in [6, 6.07) is 6.11. The third-order valence-electron chi connectivity index (χ3n) is 6.48. The third-order valence-corrected chi connectivity index (χ3v) is 6.48. The fourth-order valence-corrected chi connectivity index (χ4v) is 4.58. The van der Waals surface area contributed by atoms with E-state index in [2.05, 4.69) is 9.82 Å². The Balaban J connectivity index is 1.66. The van der Waals surface area contributed by atoms with Crippen LogP contribution >= 0.6 is 0 Å². The Labute approximate surface area is 222 Å². The predicted molar refractivity (Wildman–Crippen MR) is 134 cm³/mol. The first-order chi connectivity index (χ1) is 18.4. The molecule has 0 aliphatic carbocycles. The lowest BCUT2D eigenvalue weighted by Gasteiger charge is -2.47. The number of aromatic amines is 1. The fraction of sp³-hybridized carbons (Fsp3) is 0.423. The van der Waals surface area contributed by atoms with E-state index in [9.17, 15) is 24.6 Å². The summed E-state index contributed by atoms with van der Waals surface area (Å²) in [7, 11) is 2.59. The van der Waals surface area contributed by atoms with Crippen molar-refractivity contribution in [2.45, 2.75) is 57.9 Å². The molecule has 4 atom stereocenters. The predicted octanol–water partition coefficient (Wildman–Crippen LogP) is 1.85. The second-order valence-corrected chi connectivity index (χ2v) is 9.59. The van der Waals surface area contributed by atoms with Gasteiger partial charge in [-0.25, -0.2) is 15.1 Å². The van der Waals surface area contributed by atoms with Crippen LogP contribution in [0, 0.1) is 13.8 Å². The number of carbonyl (C=O) groups is 2. The maximum absolute atomic E-state index is 12.8. The van der Waals surface area contributed by atoms with E-state index in [0.29, 0.717) is 0 Å². The van der Waals surface area contributed by atoms with Gasteiger partial charge in [-0.05, 0) is 52.0 Å². The van der Waals surface area contributed by atoms with Gasteiger partial charge >= 0.3 is 11.6 Å². The van der Waals surface area contributed by atoms with Gasteiger partial charge in [-0.15, -0.1) is 0 Å². The SMILES string of the molecule is CONC(=O)c1c(O)c2ccc(O[C@@H]3OC(C)(C)[C@H](OC)[C@@H](OC(=O)c4ccc(C)[nH]4)[C@H]3O)c(C)c2oc1=O. The van der Waals surface area contributed by atoms with Gasteiger partial charge in [0.05, 0.1) is 18.1 Å². The van der Waals surface area contributed by atoms with Crippen LogP contribution in [-0.4, -0.2) is 71.5 Å². The smallest absolute Gasteiger partial charge is 0.355 e. The topological polar surface area (TPSA) is 179 Å². The molecule has 0 radical (unpaired) electrons. The molecule has 13 heteroatoms. The van der Waals surface area contributed by atoms with Crippen LogP contribution < -0.4 is 15.8 Å². The number of methoxy groups -OCH3 is 1. The molecule has 4 rings (SSSR count). The minimum absolute atomic E-state index is 0.0478. The van der Waals surface area contributed by atoms with Gasteiger partial charge in [0.15, 0.2) is 17.8 Å². The van der Waals surface area contributed by atoms with Crippen LogP contribution in [-0.2, 0) is 19.0 Å². The fourth-order valence-electron chi connectivity index (χ4n) is 4.58. The van der Waals surface area contributed by atoms with Crippen molar-refractivity contribution in [2.75, 3.05) is 14.2 Å². The van der Waals surface area contributed by atoms with E-state index in [0.717, 1.165) is 5.69 Å². The Bertz CT molecular complexity index is 1460. The van der Waals surface area contributed by atoms with Crippen molar-refractivity contribution in [1.29, 1.82) is 0 Å². The van der Waals surface area contributed by atoms with Crippen molar-refractivity contribution in [2.24, 2.45) is 0 Å². The summed E-state index contributed by atoms with van der Waals surface area (Å²) in [5, 5.41) is 21.8. The van der Waals surface area contributed by atoms with Crippen LogP contribution in [0.25, 0.3) is 11.0 Å². The third kappa shape index (κ3) is 5.21. The van der Waals surface area contributed by atoms with Crippen LogP contribution in [0.15, 0.2) is 33.5 Å². The van der Waals surface area contributed by atoms with E-state index in [1.54, 1.807) is 39.8 Å². The Kier molecular flexibility index (Phi) is 7.70. The van der Waals surface area contributed by atoms with Crippen molar-refractivity contribution in [3.05, 3.63) is 57.2 Å². The van der Waals surface area contributed by atoms with E-state index in [1.807, 2.05) is 5.48 Å². The molecule has 3 heterocycles. The molecule has 0 unspecified atom stereocenters. The van der Waals surface area contributed by atoms with Gasteiger partial charge in [-0.2, -0.15) is 0 Å². The minimum atomic E-state index is -1.49. The van der Waals surface area contributed by atoms with Gasteiger partial charge in [0.1, 0.15) is 28.9 Å². The van der Waals surface area contributed by atoms with E-state index in [1.165, 1.54) is 26.4 Å². The summed E-state index contributed by atoms with van der Waals surface area (Å²) in [4.78, 5) is 44.8. The first-order valence-electron chi connectivity index (χ1n) is 11.9. The number of hydroxylamine groups is 1. The normalized spacial score (nSPS) is 22.4. The lowest BCUT2D eigenvalue weighted by molar-refractivity contribution is -0.305. The number of aliphatic hydroxyl groups is 1. The number of aromatic nitrogens is 1. The Morgan fingerprint density at radius 3 is 2.46 bits per heavy atom. The first kappa shape index (κ1) is 28.1. The first-order valence-corrected chi connectivity index (χ1v) is 11.9. The summed E-state index contributed by atoms with van der Waals surface area (Å²) in [5.74, 6) is -2.14. The number of nitrogens with one attached hydrogen (secondary N) is 2. The van der Waals surface area contributed by atoms with Crippen molar-refractivity contribution < 1.29 is 48.0 Å². The Hall–Kier alpha value is -3.91. The minimum Gasteiger partial charge on any atom is -0.506 e. The number of amides is 1. The van der Waals surface area contributed by atoms with Crippen molar-refractivity contribution >= 4 is 22.8 Å². The number of hydrogen-bond donors (Lipinski definition) is 4. The van der Waals surface area contributed by atoms with Gasteiger partial charge in [0, 0.05) is 18.4 Å². The Morgan fingerprint density at radius 2 is 1.85 bits per heavy atom. The number of H-pyrrole nitrogens is 1. The molecule has 3 aromatic rings. The number of hydrogen-bond acceptors (Lipinski definition) is 11. The molecule has 1 fully saturated rings. The quantitative estimate of drug-likeness (QED) is 0.193. The zero-order valence-corrected chi connectivity index (χ0v) is 22.2. The molecule has 2 aromatic heterocycles. The van der Waals surface area contributed by atoms with E-state index >= 15 is 0 Å². The number of fused-ring (bicyclic) bond motifs is 1. The summed E-state index contributed by atoms with van der Waals surface area (Å²) in [6.45, 7) is 6.73. The number of aromatic hydroxyl groups is 1. The average molecular weight is 547 g/mol. The summed E-state index contributed by atoms with van der Waals surface area (Å²) >= 11 is 0. The molecule has 0 spiro atoms. The molecule has 1 amide bonds. The number of esters is 1. The number of benzene rings is 1. The Morgan fingerprint density at radius 1 is 1.13 bits per heavy atom. The molecule has 1 saturated heterocycles. The van der Waals surface area contributed by atoms with E-state index in [4.69, 9.17) is 23.4 Å². The number of rotatable bonds is 7. The van der Waals surface area contributed by atoms with Crippen LogP contribution in [0.3, 0.4) is 0 Å². The molecule has 39 heavy (non-hydrogen) atoms. The summed E-state index contributed by atoms with van der Waals surface area (Å²) in [6.07, 6.45) is -4.85.